The van der Waals surface area contributed by atoms with Crippen LogP contribution in [0.15, 0.2) is 36.8 Å². The number of hydrogen-bond donors (Lipinski definition) is 2. The molecule has 6 rings (SSSR count). The van der Waals surface area contributed by atoms with Gasteiger partial charge in [0.1, 0.15) is 16.9 Å². The van der Waals surface area contributed by atoms with E-state index in [1.807, 2.05) is 0 Å². The van der Waals surface area contributed by atoms with Crippen molar-refractivity contribution in [3.05, 3.63) is 47.9 Å². The van der Waals surface area contributed by atoms with Gasteiger partial charge in [-0.05, 0) is 38.8 Å². The van der Waals surface area contributed by atoms with Gasteiger partial charge in [0.2, 0.25) is 5.91 Å². The number of benzene rings is 1. The number of nitrogens with one attached hydrogen (secondary N) is 2. The van der Waals surface area contributed by atoms with Crippen molar-refractivity contribution in [2.45, 2.75) is 51.2 Å². The first-order valence-electron chi connectivity index (χ1n) is 13.1. The van der Waals surface area contributed by atoms with Gasteiger partial charge < -0.3 is 20.3 Å². The average Bonchev–Trinajstić information content (AvgIpc) is 3.43. The Labute approximate surface area is 216 Å². The van der Waals surface area contributed by atoms with Crippen molar-refractivity contribution in [1.29, 1.82) is 0 Å². The maximum absolute atomic E-state index is 13.4. The second kappa shape index (κ2) is 9.33. The van der Waals surface area contributed by atoms with Crippen LogP contribution in [-0.4, -0.2) is 75.7 Å². The molecule has 3 aromatic rings. The number of piperidine rings is 1. The number of ether oxygens (including phenoxy) is 1. The summed E-state index contributed by atoms with van der Waals surface area (Å²) in [6, 6.07) is 6.15. The van der Waals surface area contributed by atoms with Crippen LogP contribution >= 0.6 is 0 Å². The molecule has 0 aliphatic carbocycles. The number of aromatic nitrogens is 3. The number of anilines is 2. The minimum absolute atomic E-state index is 0.165. The van der Waals surface area contributed by atoms with Crippen LogP contribution in [0.3, 0.4) is 0 Å². The van der Waals surface area contributed by atoms with E-state index >= 15 is 0 Å². The molecule has 37 heavy (non-hydrogen) atoms. The second-order valence-electron chi connectivity index (χ2n) is 10.9. The van der Waals surface area contributed by atoms with E-state index < -0.39 is 0 Å². The summed E-state index contributed by atoms with van der Waals surface area (Å²) in [6.45, 7) is 8.47. The van der Waals surface area contributed by atoms with Crippen molar-refractivity contribution >= 4 is 28.8 Å². The summed E-state index contributed by atoms with van der Waals surface area (Å²) in [5.74, 6) is 0.806. The smallest absolute Gasteiger partial charge is 0.261 e. The highest BCUT2D eigenvalue weighted by molar-refractivity contribution is 6.09. The van der Waals surface area contributed by atoms with Crippen molar-refractivity contribution in [2.24, 2.45) is 0 Å². The van der Waals surface area contributed by atoms with Crippen molar-refractivity contribution in [2.75, 3.05) is 42.9 Å². The number of rotatable bonds is 5. The molecule has 1 aromatic carbocycles. The third-order valence-corrected chi connectivity index (χ3v) is 7.47. The molecule has 3 aliphatic heterocycles. The van der Waals surface area contributed by atoms with Crippen LogP contribution in [0.2, 0.25) is 0 Å². The molecule has 1 atom stereocenters. The Bertz CT molecular complexity index is 1340. The summed E-state index contributed by atoms with van der Waals surface area (Å²) in [5.41, 5.74) is 3.50. The molecule has 194 valence electrons. The molecule has 5 heterocycles. The van der Waals surface area contributed by atoms with Crippen LogP contribution < -0.4 is 20.3 Å². The number of carbonyl (C=O) groups excluding carboxylic acids is 2. The third kappa shape index (κ3) is 4.85. The van der Waals surface area contributed by atoms with Gasteiger partial charge in [-0.15, -0.1) is 0 Å². The van der Waals surface area contributed by atoms with Crippen molar-refractivity contribution in [1.82, 2.24) is 24.8 Å². The van der Waals surface area contributed by atoms with E-state index in [0.29, 0.717) is 17.6 Å². The van der Waals surface area contributed by atoms with Crippen LogP contribution in [0.1, 0.15) is 49.0 Å². The summed E-state index contributed by atoms with van der Waals surface area (Å²) in [6.07, 6.45) is 8.42. The molecule has 2 saturated heterocycles. The molecule has 2 N–H and O–H groups in total. The molecule has 3 aliphatic rings. The number of carbonyl (C=O) groups is 2. The minimum Gasteiger partial charge on any atom is -0.487 e. The van der Waals surface area contributed by atoms with Gasteiger partial charge in [0.15, 0.2) is 5.65 Å². The van der Waals surface area contributed by atoms with E-state index in [-0.39, 0.29) is 23.5 Å². The summed E-state index contributed by atoms with van der Waals surface area (Å²) >= 11 is 0. The maximum atomic E-state index is 13.4. The Morgan fingerprint density at radius 2 is 2.08 bits per heavy atom. The van der Waals surface area contributed by atoms with Crippen LogP contribution in [0.5, 0.6) is 5.75 Å². The molecule has 0 saturated carbocycles. The van der Waals surface area contributed by atoms with Crippen LogP contribution in [0, 0.1) is 0 Å². The van der Waals surface area contributed by atoms with E-state index in [2.05, 4.69) is 56.5 Å². The molecule has 2 fully saturated rings. The molecule has 10 nitrogen and oxygen atoms in total. The number of hydrogen-bond acceptors (Lipinski definition) is 7. The van der Waals surface area contributed by atoms with E-state index in [1.165, 1.54) is 0 Å². The lowest BCUT2D eigenvalue weighted by molar-refractivity contribution is -0.123. The van der Waals surface area contributed by atoms with Gasteiger partial charge in [-0.2, -0.15) is 5.10 Å². The summed E-state index contributed by atoms with van der Waals surface area (Å²) in [5, 5.41) is 10.5. The second-order valence-corrected chi connectivity index (χ2v) is 10.9. The number of piperazine rings is 1. The van der Waals surface area contributed by atoms with Gasteiger partial charge in [0.25, 0.3) is 5.91 Å². The van der Waals surface area contributed by atoms with E-state index in [4.69, 9.17) is 4.74 Å². The van der Waals surface area contributed by atoms with E-state index in [0.717, 1.165) is 74.7 Å². The standard InChI is InChI=1S/C27H33N7O3/c1-27(2)15-18-13-21(31-26(36)20-16-29-34-8-4-7-28-25(20)34)22(14-23(18)37-27)33-11-9-32(10-12-33)17-19-5-3-6-24(35)30-19/h4,7-8,13-14,16,19H,3,5-6,9-12,15,17H2,1-2H3,(H,30,35)(H,31,36)/t19-/m0/s1. The fourth-order valence-corrected chi connectivity index (χ4v) is 5.68. The Morgan fingerprint density at radius 1 is 1.24 bits per heavy atom. The highest BCUT2D eigenvalue weighted by atomic mass is 16.5. The molecule has 10 heteroatoms. The zero-order valence-electron chi connectivity index (χ0n) is 21.4. The van der Waals surface area contributed by atoms with E-state index in [1.54, 1.807) is 29.2 Å². The number of fused-ring (bicyclic) bond motifs is 2. The summed E-state index contributed by atoms with van der Waals surface area (Å²) in [7, 11) is 0. The molecule has 0 radical (unpaired) electrons. The van der Waals surface area contributed by atoms with Gasteiger partial charge in [0.05, 0.1) is 17.6 Å². The normalized spacial score (nSPS) is 21.4. The Kier molecular flexibility index (Phi) is 5.98. The molecular formula is C27H33N7O3. The summed E-state index contributed by atoms with van der Waals surface area (Å²) in [4.78, 5) is 34.2. The fraction of sp³-hybridized carbons (Fsp3) is 0.481. The van der Waals surface area contributed by atoms with Crippen LogP contribution in [-0.2, 0) is 11.2 Å². The molecule has 0 bridgehead atoms. The van der Waals surface area contributed by atoms with Gasteiger partial charge in [-0.3, -0.25) is 14.5 Å². The highest BCUT2D eigenvalue weighted by Gasteiger charge is 2.33. The zero-order chi connectivity index (χ0) is 25.6. The zero-order valence-corrected chi connectivity index (χ0v) is 21.4. The van der Waals surface area contributed by atoms with Crippen molar-refractivity contribution in [3.63, 3.8) is 0 Å². The first-order valence-corrected chi connectivity index (χ1v) is 13.1. The molecule has 0 spiro atoms. The quantitative estimate of drug-likeness (QED) is 0.551. The monoisotopic (exact) mass is 503 g/mol. The largest absolute Gasteiger partial charge is 0.487 e. The molecular weight excluding hydrogens is 470 g/mol. The lowest BCUT2D eigenvalue weighted by Gasteiger charge is -2.39. The SMILES string of the molecule is CC1(C)Cc2cc(NC(=O)c3cnn4cccnc34)c(N3CCN(C[C@@H]4CCCC(=O)N4)CC3)cc2O1. The lowest BCUT2D eigenvalue weighted by atomic mass is 10.0. The van der Waals surface area contributed by atoms with Crippen molar-refractivity contribution in [3.8, 4) is 5.75 Å². The predicted molar refractivity (Wildman–Crippen MR) is 140 cm³/mol. The first-order chi connectivity index (χ1) is 17.8. The summed E-state index contributed by atoms with van der Waals surface area (Å²) < 4.78 is 7.83. The Balaban J connectivity index is 1.22. The minimum atomic E-state index is -0.280. The number of amides is 2. The third-order valence-electron chi connectivity index (χ3n) is 7.47. The van der Waals surface area contributed by atoms with Gasteiger partial charge >= 0.3 is 0 Å². The van der Waals surface area contributed by atoms with E-state index in [9.17, 15) is 9.59 Å². The predicted octanol–water partition coefficient (Wildman–Crippen LogP) is 2.49. The highest BCUT2D eigenvalue weighted by Crippen LogP contribution is 2.42. The fourth-order valence-electron chi connectivity index (χ4n) is 5.68. The topological polar surface area (TPSA) is 104 Å². The lowest BCUT2D eigenvalue weighted by Crippen LogP contribution is -2.52. The van der Waals surface area contributed by atoms with Gasteiger partial charge in [-0.1, -0.05) is 0 Å². The molecule has 0 unspecified atom stereocenters. The average molecular weight is 504 g/mol. The van der Waals surface area contributed by atoms with Gasteiger partial charge in [0, 0.05) is 75.6 Å². The van der Waals surface area contributed by atoms with Crippen LogP contribution in [0.4, 0.5) is 11.4 Å². The maximum Gasteiger partial charge on any atom is 0.261 e. The van der Waals surface area contributed by atoms with Crippen LogP contribution in [0.25, 0.3) is 5.65 Å². The molecule has 2 amide bonds. The Hall–Kier alpha value is -3.66. The molecule has 2 aromatic heterocycles. The van der Waals surface area contributed by atoms with Crippen molar-refractivity contribution < 1.29 is 14.3 Å². The first kappa shape index (κ1) is 23.7. The number of nitrogens with zero attached hydrogens (tertiary/aromatic N) is 5. The van der Waals surface area contributed by atoms with Gasteiger partial charge in [-0.25, -0.2) is 9.50 Å². The Morgan fingerprint density at radius 3 is 2.89 bits per heavy atom.